The first-order chi connectivity index (χ1) is 12.3. The molecule has 134 valence electrons. The zero-order valence-electron chi connectivity index (χ0n) is 12.8. The minimum absolute atomic E-state index is 0.00331. The van der Waals surface area contributed by atoms with Gasteiger partial charge in [0, 0.05) is 0 Å². The first-order valence-corrected chi connectivity index (χ1v) is 7.93. The Hall–Kier alpha value is -3.01. The van der Waals surface area contributed by atoms with Gasteiger partial charge in [-0.2, -0.15) is 18.2 Å². The minimum Gasteiger partial charge on any atom is -0.455 e. The molecule has 0 saturated heterocycles. The summed E-state index contributed by atoms with van der Waals surface area (Å²) in [4.78, 5) is 27.3. The number of carbonyl (C=O) groups excluding carboxylic acids is 2. The Morgan fingerprint density at radius 1 is 1.12 bits per heavy atom. The van der Waals surface area contributed by atoms with Crippen molar-refractivity contribution in [3.05, 3.63) is 58.8 Å². The predicted molar refractivity (Wildman–Crippen MR) is 83.2 cm³/mol. The van der Waals surface area contributed by atoms with Gasteiger partial charge in [-0.05, 0) is 17.7 Å². The topological polar surface area (TPSA) is 82.3 Å². The number of thiophene rings is 1. The molecule has 0 amide bonds. The largest absolute Gasteiger partial charge is 0.471 e. The molecular weight excluding hydrogens is 373 g/mol. The van der Waals surface area contributed by atoms with E-state index in [9.17, 15) is 22.8 Å². The lowest BCUT2D eigenvalue weighted by molar-refractivity contribution is -0.159. The van der Waals surface area contributed by atoms with Crippen molar-refractivity contribution in [1.82, 2.24) is 10.1 Å². The Morgan fingerprint density at radius 2 is 1.85 bits per heavy atom. The number of hydrogen-bond acceptors (Lipinski definition) is 7. The quantitative estimate of drug-likeness (QED) is 0.380. The third-order valence-electron chi connectivity index (χ3n) is 3.12. The Kier molecular flexibility index (Phi) is 4.85. The summed E-state index contributed by atoms with van der Waals surface area (Å²) in [5.74, 6) is -3.78. The molecule has 2 aromatic heterocycles. The van der Waals surface area contributed by atoms with E-state index in [0.29, 0.717) is 5.56 Å². The highest BCUT2D eigenvalue weighted by molar-refractivity contribution is 7.18. The van der Waals surface area contributed by atoms with Crippen LogP contribution in [0.25, 0.3) is 10.7 Å². The molecule has 0 bridgehead atoms. The second-order valence-corrected chi connectivity index (χ2v) is 6.06. The van der Waals surface area contributed by atoms with Crippen molar-refractivity contribution in [3.63, 3.8) is 0 Å². The average molecular weight is 382 g/mol. The van der Waals surface area contributed by atoms with Crippen molar-refractivity contribution in [1.29, 1.82) is 0 Å². The van der Waals surface area contributed by atoms with Crippen LogP contribution in [0.2, 0.25) is 0 Å². The van der Waals surface area contributed by atoms with E-state index >= 15 is 0 Å². The van der Waals surface area contributed by atoms with Gasteiger partial charge in [-0.3, -0.25) is 4.79 Å². The monoisotopic (exact) mass is 382 g/mol. The van der Waals surface area contributed by atoms with Crippen LogP contribution in [-0.4, -0.2) is 21.9 Å². The van der Waals surface area contributed by atoms with Crippen molar-refractivity contribution in [2.45, 2.75) is 12.8 Å². The van der Waals surface area contributed by atoms with Gasteiger partial charge in [0.25, 0.3) is 5.78 Å². The molecule has 1 aromatic carbocycles. The number of rotatable bonds is 5. The molecule has 3 rings (SSSR count). The SMILES string of the molecule is O=C(OCc1ccccc1)C(=O)c1ccc(-c2noc(C(F)(F)F)n2)s1. The predicted octanol–water partition coefficient (Wildman–Crippen LogP) is 3.74. The van der Waals surface area contributed by atoms with E-state index in [2.05, 4.69) is 14.7 Å². The summed E-state index contributed by atoms with van der Waals surface area (Å²) in [6, 6.07) is 11.4. The fourth-order valence-electron chi connectivity index (χ4n) is 1.91. The molecule has 2 heterocycles. The maximum absolute atomic E-state index is 12.5. The maximum atomic E-state index is 12.5. The number of hydrogen-bond donors (Lipinski definition) is 0. The molecule has 0 radical (unpaired) electrons. The fourth-order valence-corrected chi connectivity index (χ4v) is 2.77. The Balaban J connectivity index is 1.68. The molecular formula is C16H9F3N2O4S. The molecule has 0 saturated carbocycles. The number of Topliss-reactive ketones (excluding diaryl/α,β-unsaturated/α-hetero) is 1. The van der Waals surface area contributed by atoms with E-state index in [1.54, 1.807) is 30.3 Å². The van der Waals surface area contributed by atoms with Gasteiger partial charge in [-0.15, -0.1) is 11.3 Å². The number of carbonyl (C=O) groups is 2. The molecule has 26 heavy (non-hydrogen) atoms. The van der Waals surface area contributed by atoms with E-state index in [1.165, 1.54) is 12.1 Å². The molecule has 3 aromatic rings. The molecule has 0 unspecified atom stereocenters. The van der Waals surface area contributed by atoms with Crippen LogP contribution in [0.4, 0.5) is 13.2 Å². The smallest absolute Gasteiger partial charge is 0.455 e. The Labute approximate surface area is 148 Å². The highest BCUT2D eigenvalue weighted by Gasteiger charge is 2.38. The van der Waals surface area contributed by atoms with Crippen LogP contribution in [0.1, 0.15) is 21.1 Å². The molecule has 0 N–H and O–H groups in total. The molecule has 0 aliphatic carbocycles. The third-order valence-corrected chi connectivity index (χ3v) is 4.20. The molecule has 0 aliphatic heterocycles. The summed E-state index contributed by atoms with van der Waals surface area (Å²) in [5, 5.41) is 3.22. The van der Waals surface area contributed by atoms with Crippen molar-refractivity contribution in [2.24, 2.45) is 0 Å². The lowest BCUT2D eigenvalue weighted by Crippen LogP contribution is -2.16. The van der Waals surface area contributed by atoms with Gasteiger partial charge in [0.15, 0.2) is 0 Å². The zero-order valence-corrected chi connectivity index (χ0v) is 13.6. The summed E-state index contributed by atoms with van der Waals surface area (Å²) in [5.41, 5.74) is 0.715. The first kappa shape index (κ1) is 17.8. The van der Waals surface area contributed by atoms with Gasteiger partial charge >= 0.3 is 18.0 Å². The number of nitrogens with zero attached hydrogens (tertiary/aromatic N) is 2. The van der Waals surface area contributed by atoms with Crippen molar-refractivity contribution >= 4 is 23.1 Å². The van der Waals surface area contributed by atoms with Gasteiger partial charge < -0.3 is 9.26 Å². The number of aromatic nitrogens is 2. The van der Waals surface area contributed by atoms with Gasteiger partial charge in [-0.25, -0.2) is 4.79 Å². The summed E-state index contributed by atoms with van der Waals surface area (Å²) >= 11 is 0.765. The number of benzene rings is 1. The fraction of sp³-hybridized carbons (Fsp3) is 0.125. The average Bonchev–Trinajstić information content (AvgIpc) is 3.28. The molecule has 10 heteroatoms. The van der Waals surface area contributed by atoms with Crippen LogP contribution in [-0.2, 0) is 22.3 Å². The van der Waals surface area contributed by atoms with Crippen LogP contribution in [0.15, 0.2) is 47.0 Å². The van der Waals surface area contributed by atoms with E-state index in [0.717, 1.165) is 11.3 Å². The summed E-state index contributed by atoms with van der Waals surface area (Å²) < 4.78 is 46.5. The second kappa shape index (κ2) is 7.08. The molecule has 0 fully saturated rings. The standard InChI is InChI=1S/C16H9F3N2O4S/c17-16(18,19)15-20-13(21-25-15)11-7-6-10(26-11)12(22)14(23)24-8-9-4-2-1-3-5-9/h1-7H,8H2. The summed E-state index contributed by atoms with van der Waals surface area (Å²) in [7, 11) is 0. The Morgan fingerprint density at radius 3 is 2.50 bits per heavy atom. The lowest BCUT2D eigenvalue weighted by atomic mass is 10.2. The normalized spacial score (nSPS) is 11.3. The van der Waals surface area contributed by atoms with Gasteiger partial charge in [0.1, 0.15) is 6.61 Å². The van der Waals surface area contributed by atoms with E-state index < -0.39 is 23.8 Å². The van der Waals surface area contributed by atoms with Crippen LogP contribution >= 0.6 is 11.3 Å². The van der Waals surface area contributed by atoms with Gasteiger partial charge in [0.2, 0.25) is 5.82 Å². The molecule has 0 atom stereocenters. The summed E-state index contributed by atoms with van der Waals surface area (Å²) in [6.07, 6.45) is -4.76. The third kappa shape index (κ3) is 3.97. The summed E-state index contributed by atoms with van der Waals surface area (Å²) in [6.45, 7) is -0.0660. The lowest BCUT2D eigenvalue weighted by Gasteiger charge is -2.02. The van der Waals surface area contributed by atoms with Crippen LogP contribution in [0.3, 0.4) is 0 Å². The maximum Gasteiger partial charge on any atom is 0.471 e. The van der Waals surface area contributed by atoms with E-state index in [-0.39, 0.29) is 22.2 Å². The van der Waals surface area contributed by atoms with Crippen LogP contribution < -0.4 is 0 Å². The van der Waals surface area contributed by atoms with Crippen LogP contribution in [0, 0.1) is 0 Å². The van der Waals surface area contributed by atoms with Crippen LogP contribution in [0.5, 0.6) is 0 Å². The van der Waals surface area contributed by atoms with Crippen molar-refractivity contribution in [2.75, 3.05) is 0 Å². The zero-order chi connectivity index (χ0) is 18.7. The first-order valence-electron chi connectivity index (χ1n) is 7.11. The minimum atomic E-state index is -4.76. The molecule has 6 nitrogen and oxygen atoms in total. The number of alkyl halides is 3. The second-order valence-electron chi connectivity index (χ2n) is 4.98. The van der Waals surface area contributed by atoms with Gasteiger partial charge in [0.05, 0.1) is 9.75 Å². The molecule has 0 spiro atoms. The number of halogens is 3. The highest BCUT2D eigenvalue weighted by atomic mass is 32.1. The van der Waals surface area contributed by atoms with Crippen molar-refractivity contribution in [3.8, 4) is 10.7 Å². The van der Waals surface area contributed by atoms with E-state index in [4.69, 9.17) is 4.74 Å². The van der Waals surface area contributed by atoms with E-state index in [1.807, 2.05) is 0 Å². The Bertz CT molecular complexity index is 934. The molecule has 0 aliphatic rings. The number of ketones is 1. The number of ether oxygens (including phenoxy) is 1. The highest BCUT2D eigenvalue weighted by Crippen LogP contribution is 2.31. The number of esters is 1. The van der Waals surface area contributed by atoms with Gasteiger partial charge in [-0.1, -0.05) is 35.5 Å². The van der Waals surface area contributed by atoms with Crippen molar-refractivity contribution < 1.29 is 32.0 Å².